The van der Waals surface area contributed by atoms with Crippen LogP contribution in [0.3, 0.4) is 0 Å². The van der Waals surface area contributed by atoms with Gasteiger partial charge in [0.2, 0.25) is 11.8 Å². The Hall–Kier alpha value is -3.07. The molecule has 0 bridgehead atoms. The molecule has 1 fully saturated rings. The molecular weight excluding hydrogens is 358 g/mol. The van der Waals surface area contributed by atoms with E-state index in [0.29, 0.717) is 36.4 Å². The molecule has 1 aliphatic heterocycles. The Bertz CT molecular complexity index is 914. The monoisotopic (exact) mass is 381 g/mol. The minimum Gasteiger partial charge on any atom is -0.424 e. The zero-order valence-electron chi connectivity index (χ0n) is 15.8. The van der Waals surface area contributed by atoms with Crippen LogP contribution < -0.4 is 5.32 Å². The summed E-state index contributed by atoms with van der Waals surface area (Å²) in [5.41, 5.74) is 1.50. The van der Waals surface area contributed by atoms with Crippen molar-refractivity contribution in [3.8, 4) is 5.69 Å². The highest BCUT2D eigenvalue weighted by Gasteiger charge is 2.21. The van der Waals surface area contributed by atoms with E-state index in [-0.39, 0.29) is 5.91 Å². The van der Waals surface area contributed by atoms with Gasteiger partial charge >= 0.3 is 0 Å². The maximum atomic E-state index is 12.5. The van der Waals surface area contributed by atoms with E-state index in [1.165, 1.54) is 0 Å². The summed E-state index contributed by atoms with van der Waals surface area (Å²) in [7, 11) is 0. The number of hydrogen-bond donors (Lipinski definition) is 1. The fourth-order valence-corrected chi connectivity index (χ4v) is 3.42. The molecule has 0 saturated carbocycles. The second-order valence-corrected chi connectivity index (χ2v) is 7.06. The molecular formula is C19H23N7O2. The van der Waals surface area contributed by atoms with Gasteiger partial charge in [-0.1, -0.05) is 6.07 Å². The molecule has 1 aliphatic rings. The number of rotatable bonds is 6. The molecule has 0 unspecified atom stereocenters. The standard InChI is InChI=1S/C19H23N7O2/c1-14-23-24-18(28-14)11-25-7-5-15(6-8-25)10-20-19(27)16-3-2-4-17(9-16)26-12-21-22-13-26/h2-4,9,12-13,15H,5-8,10-11H2,1H3,(H,20,27). The molecule has 1 saturated heterocycles. The van der Waals surface area contributed by atoms with Crippen LogP contribution in [0.25, 0.3) is 5.69 Å². The van der Waals surface area contributed by atoms with Crippen LogP contribution in [0.4, 0.5) is 0 Å². The van der Waals surface area contributed by atoms with Crippen molar-refractivity contribution in [1.29, 1.82) is 0 Å². The van der Waals surface area contributed by atoms with E-state index in [1.807, 2.05) is 24.3 Å². The largest absolute Gasteiger partial charge is 0.424 e. The van der Waals surface area contributed by atoms with Crippen molar-refractivity contribution in [2.24, 2.45) is 5.92 Å². The molecule has 2 aromatic heterocycles. The molecule has 1 N–H and O–H groups in total. The number of amides is 1. The molecule has 4 rings (SSSR count). The van der Waals surface area contributed by atoms with Crippen LogP contribution >= 0.6 is 0 Å². The van der Waals surface area contributed by atoms with Crippen LogP contribution in [0, 0.1) is 12.8 Å². The number of aromatic nitrogens is 5. The third-order valence-electron chi connectivity index (χ3n) is 5.01. The Kier molecular flexibility index (Phi) is 5.43. The molecule has 0 spiro atoms. The molecule has 9 heteroatoms. The van der Waals surface area contributed by atoms with Crippen molar-refractivity contribution >= 4 is 5.91 Å². The molecule has 0 aliphatic carbocycles. The number of carbonyl (C=O) groups is 1. The second-order valence-electron chi connectivity index (χ2n) is 7.06. The number of nitrogens with one attached hydrogen (secondary N) is 1. The average Bonchev–Trinajstić information content (AvgIpc) is 3.39. The van der Waals surface area contributed by atoms with Crippen molar-refractivity contribution < 1.29 is 9.21 Å². The highest BCUT2D eigenvalue weighted by molar-refractivity contribution is 5.94. The van der Waals surface area contributed by atoms with Gasteiger partial charge in [-0.2, -0.15) is 0 Å². The average molecular weight is 381 g/mol. The van der Waals surface area contributed by atoms with Crippen molar-refractivity contribution in [3.05, 3.63) is 54.3 Å². The predicted octanol–water partition coefficient (Wildman–Crippen LogP) is 1.60. The number of benzene rings is 1. The molecule has 3 aromatic rings. The zero-order valence-corrected chi connectivity index (χ0v) is 15.8. The van der Waals surface area contributed by atoms with Gasteiger partial charge in [-0.15, -0.1) is 20.4 Å². The molecule has 1 amide bonds. The van der Waals surface area contributed by atoms with Crippen molar-refractivity contribution in [2.75, 3.05) is 19.6 Å². The topological polar surface area (TPSA) is 102 Å². The summed E-state index contributed by atoms with van der Waals surface area (Å²) in [6.45, 7) is 5.10. The lowest BCUT2D eigenvalue weighted by Gasteiger charge is -2.31. The maximum absolute atomic E-state index is 12.5. The van der Waals surface area contributed by atoms with Gasteiger partial charge in [0.05, 0.1) is 6.54 Å². The summed E-state index contributed by atoms with van der Waals surface area (Å²) in [5.74, 6) is 1.68. The summed E-state index contributed by atoms with van der Waals surface area (Å²) in [6, 6.07) is 7.44. The molecule has 0 atom stereocenters. The molecule has 3 heterocycles. The lowest BCUT2D eigenvalue weighted by Crippen LogP contribution is -2.38. The minimum absolute atomic E-state index is 0.0568. The van der Waals surface area contributed by atoms with Gasteiger partial charge in [0.15, 0.2) is 0 Å². The van der Waals surface area contributed by atoms with Gasteiger partial charge in [-0.3, -0.25) is 14.3 Å². The first-order chi connectivity index (χ1) is 13.7. The molecule has 1 aromatic carbocycles. The molecule has 9 nitrogen and oxygen atoms in total. The summed E-state index contributed by atoms with van der Waals surface area (Å²) >= 11 is 0. The van der Waals surface area contributed by atoms with E-state index in [2.05, 4.69) is 30.6 Å². The predicted molar refractivity (Wildman–Crippen MR) is 101 cm³/mol. The Labute approximate surface area is 162 Å². The van der Waals surface area contributed by atoms with Crippen LogP contribution in [0.2, 0.25) is 0 Å². The first-order valence-electron chi connectivity index (χ1n) is 9.42. The van der Waals surface area contributed by atoms with E-state index >= 15 is 0 Å². The van der Waals surface area contributed by atoms with Gasteiger partial charge in [0.1, 0.15) is 12.7 Å². The van der Waals surface area contributed by atoms with Crippen LogP contribution in [0.1, 0.15) is 35.0 Å². The summed E-state index contributed by atoms with van der Waals surface area (Å²) in [6.07, 6.45) is 5.29. The number of likely N-dealkylation sites (tertiary alicyclic amines) is 1. The maximum Gasteiger partial charge on any atom is 0.251 e. The van der Waals surface area contributed by atoms with E-state index in [1.54, 1.807) is 24.1 Å². The van der Waals surface area contributed by atoms with E-state index in [4.69, 9.17) is 4.42 Å². The molecule has 146 valence electrons. The third-order valence-corrected chi connectivity index (χ3v) is 5.01. The van der Waals surface area contributed by atoms with Crippen molar-refractivity contribution in [2.45, 2.75) is 26.3 Å². The number of piperidine rings is 1. The Balaban J connectivity index is 1.25. The summed E-state index contributed by atoms with van der Waals surface area (Å²) in [4.78, 5) is 14.8. The van der Waals surface area contributed by atoms with Crippen LogP contribution in [0.5, 0.6) is 0 Å². The lowest BCUT2D eigenvalue weighted by molar-refractivity contribution is 0.0933. The van der Waals surface area contributed by atoms with Crippen molar-refractivity contribution in [1.82, 2.24) is 35.2 Å². The minimum atomic E-state index is -0.0568. The Morgan fingerprint density at radius 2 is 2.00 bits per heavy atom. The Morgan fingerprint density at radius 3 is 2.71 bits per heavy atom. The first kappa shape index (κ1) is 18.3. The zero-order chi connectivity index (χ0) is 19.3. The number of nitrogens with zero attached hydrogens (tertiary/aromatic N) is 6. The highest BCUT2D eigenvalue weighted by Crippen LogP contribution is 2.18. The van der Waals surface area contributed by atoms with Crippen LogP contribution in [-0.2, 0) is 6.54 Å². The molecule has 0 radical (unpaired) electrons. The van der Waals surface area contributed by atoms with E-state index in [9.17, 15) is 4.79 Å². The summed E-state index contributed by atoms with van der Waals surface area (Å²) < 4.78 is 7.22. The SMILES string of the molecule is Cc1nnc(CN2CCC(CNC(=O)c3cccc(-n4cnnc4)c3)CC2)o1. The number of aryl methyl sites for hydroxylation is 1. The Morgan fingerprint density at radius 1 is 1.21 bits per heavy atom. The smallest absolute Gasteiger partial charge is 0.251 e. The van der Waals surface area contributed by atoms with Gasteiger partial charge in [0.25, 0.3) is 5.91 Å². The lowest BCUT2D eigenvalue weighted by atomic mass is 9.96. The second kappa shape index (κ2) is 8.30. The quantitative estimate of drug-likeness (QED) is 0.692. The number of hydrogen-bond acceptors (Lipinski definition) is 7. The third kappa shape index (κ3) is 4.42. The van der Waals surface area contributed by atoms with Crippen molar-refractivity contribution in [3.63, 3.8) is 0 Å². The normalized spacial score (nSPS) is 15.6. The van der Waals surface area contributed by atoms with E-state index in [0.717, 1.165) is 31.6 Å². The fraction of sp³-hybridized carbons (Fsp3) is 0.421. The molecule has 28 heavy (non-hydrogen) atoms. The van der Waals surface area contributed by atoms with Crippen LogP contribution in [-0.4, -0.2) is 55.4 Å². The highest BCUT2D eigenvalue weighted by atomic mass is 16.4. The van der Waals surface area contributed by atoms with Gasteiger partial charge in [0, 0.05) is 24.7 Å². The fourth-order valence-electron chi connectivity index (χ4n) is 3.42. The van der Waals surface area contributed by atoms with Gasteiger partial charge < -0.3 is 9.73 Å². The van der Waals surface area contributed by atoms with E-state index < -0.39 is 0 Å². The van der Waals surface area contributed by atoms with Gasteiger partial charge in [-0.05, 0) is 50.0 Å². The van der Waals surface area contributed by atoms with Crippen LogP contribution in [0.15, 0.2) is 41.3 Å². The van der Waals surface area contributed by atoms with Gasteiger partial charge in [-0.25, -0.2) is 0 Å². The summed E-state index contributed by atoms with van der Waals surface area (Å²) in [5, 5.41) is 18.6. The first-order valence-corrected chi connectivity index (χ1v) is 9.42. The number of carbonyl (C=O) groups excluding carboxylic acids is 1.